The molecule has 0 saturated carbocycles. The highest BCUT2D eigenvalue weighted by Crippen LogP contribution is 2.46. The monoisotopic (exact) mass is 961 g/mol. The molecule has 0 aliphatic carbocycles. The van der Waals surface area contributed by atoms with Crippen molar-refractivity contribution in [2.75, 3.05) is 25.2 Å². The Morgan fingerprint density at radius 3 is 2.45 bits per heavy atom. The molecule has 13 atom stereocenters. The van der Waals surface area contributed by atoms with Crippen molar-refractivity contribution in [2.24, 2.45) is 29.6 Å². The second-order valence-corrected chi connectivity index (χ2v) is 20.5. The summed E-state index contributed by atoms with van der Waals surface area (Å²) in [6.45, 7) is 12.6. The fraction of sp³-hybridized carbons (Fsp3) is 0.638. The number of allylic oxidation sites excluding steroid dienone is 4. The van der Waals surface area contributed by atoms with Crippen LogP contribution in [0.15, 0.2) is 52.2 Å². The lowest BCUT2D eigenvalue weighted by atomic mass is 9.84. The summed E-state index contributed by atoms with van der Waals surface area (Å²) >= 11 is 0. The van der Waals surface area contributed by atoms with E-state index >= 15 is 0 Å². The number of nitrogens with zero attached hydrogens (tertiary/aromatic N) is 1. The number of carbonyl (C=O) groups is 6. The van der Waals surface area contributed by atoms with E-state index in [1.807, 2.05) is 64.2 Å². The summed E-state index contributed by atoms with van der Waals surface area (Å²) in [7, 11) is 4.00. The van der Waals surface area contributed by atoms with Gasteiger partial charge in [-0.3, -0.25) is 19.2 Å². The fourth-order valence-corrected chi connectivity index (χ4v) is 10.4. The Bertz CT molecular complexity index is 2030. The molecule has 3 fully saturated rings. The normalized spacial score (nSPS) is 30.4. The second-order valence-electron chi connectivity index (χ2n) is 17.8. The van der Waals surface area contributed by atoms with Gasteiger partial charge in [0.2, 0.25) is 0 Å². The zero-order chi connectivity index (χ0) is 48.3. The zero-order valence-corrected chi connectivity index (χ0v) is 40.3. The summed E-state index contributed by atoms with van der Waals surface area (Å²) < 4.78 is 47.0. The summed E-state index contributed by atoms with van der Waals surface area (Å²) in [5.74, 6) is -5.23. The van der Waals surface area contributed by atoms with Gasteiger partial charge in [-0.1, -0.05) is 72.7 Å². The molecule has 0 spiro atoms. The van der Waals surface area contributed by atoms with Crippen LogP contribution in [0, 0.1) is 36.5 Å². The zero-order valence-electron chi connectivity index (χ0n) is 38.7. The quantitative estimate of drug-likeness (QED) is 0.0247. The van der Waals surface area contributed by atoms with Gasteiger partial charge in [-0.15, -0.1) is 0 Å². The van der Waals surface area contributed by atoms with Gasteiger partial charge in [-0.2, -0.15) is 0 Å². The minimum Gasteiger partial charge on any atom is -0.481 e. The summed E-state index contributed by atoms with van der Waals surface area (Å²) in [4.78, 5) is 79.6. The first kappa shape index (κ1) is 52.5. The van der Waals surface area contributed by atoms with Crippen molar-refractivity contribution >= 4 is 63.5 Å². The van der Waals surface area contributed by atoms with Crippen molar-refractivity contribution in [3.63, 3.8) is 0 Å². The molecule has 1 aromatic rings. The van der Waals surface area contributed by atoms with Gasteiger partial charge in [-0.25, -0.2) is 14.6 Å². The number of carboxylic acid groups (broad SMARTS) is 2. The average Bonchev–Trinajstić information content (AvgIpc) is 4.12. The number of cyclic esters (lactones) is 1. The molecular formula is C47H63NO16S2. The van der Waals surface area contributed by atoms with E-state index in [4.69, 9.17) is 42.7 Å². The van der Waals surface area contributed by atoms with E-state index in [2.05, 4.69) is 4.98 Å². The van der Waals surface area contributed by atoms with E-state index in [0.29, 0.717) is 24.4 Å². The molecule has 2 bridgehead atoms. The molecule has 3 saturated heterocycles. The SMILES string of the molecule is CO[C@@H](/C(C)=C/C=C/C(C)=C/c1coc(C)n1)[C@@H](C)[C@@H]1C[C@H](OC(=O)OCCSSC[C@H](CC(=O)[C@@H](C)CC(=O)O)C(=O)O)[C@@]2(C)O[C@@H]2/C=C/[C@@H](C)[C@H]2C[C@H](CC(=O)O2)C[C@@H]2O[C@H]2C(=O)O1. The Hall–Kier alpha value is -4.43. The van der Waals surface area contributed by atoms with Crippen LogP contribution in [0.2, 0.25) is 0 Å². The van der Waals surface area contributed by atoms with Gasteiger partial charge >= 0.3 is 30.0 Å². The molecule has 0 unspecified atom stereocenters. The predicted molar refractivity (Wildman–Crippen MR) is 243 cm³/mol. The van der Waals surface area contributed by atoms with E-state index in [9.17, 15) is 33.9 Å². The predicted octanol–water partition coefficient (Wildman–Crippen LogP) is 7.36. The Balaban J connectivity index is 1.30. The highest BCUT2D eigenvalue weighted by atomic mass is 33.1. The third-order valence-electron chi connectivity index (χ3n) is 12.4. The number of ether oxygens (including phenoxy) is 7. The number of methoxy groups -OCH3 is 1. The van der Waals surface area contributed by atoms with E-state index in [-0.39, 0.29) is 67.7 Å². The van der Waals surface area contributed by atoms with Gasteiger partial charge in [0.15, 0.2) is 12.0 Å². The number of epoxide rings is 2. The minimum absolute atomic E-state index is 0.00553. The van der Waals surface area contributed by atoms with Crippen LogP contribution in [0.25, 0.3) is 6.08 Å². The van der Waals surface area contributed by atoms with Crippen molar-refractivity contribution in [1.29, 1.82) is 0 Å². The van der Waals surface area contributed by atoms with Crippen molar-refractivity contribution in [2.45, 2.75) is 135 Å². The highest BCUT2D eigenvalue weighted by molar-refractivity contribution is 8.76. The number of fused-ring (bicyclic) bond motifs is 4. The maximum atomic E-state index is 13.9. The molecule has 4 aliphatic heterocycles. The van der Waals surface area contributed by atoms with Crippen molar-refractivity contribution < 1.29 is 76.6 Å². The first-order valence-corrected chi connectivity index (χ1v) is 24.7. The van der Waals surface area contributed by atoms with E-state index < -0.39 is 89.8 Å². The Kier molecular flexibility index (Phi) is 19.1. The number of hydrogen-bond donors (Lipinski definition) is 2. The standard InChI is InChI=1S/C47H63NO16S2/c1-25(16-33-23-59-30(6)48-33)10-9-11-27(3)42(57-8)29(5)36-22-39(63-46(56)58-14-15-65-66-24-32(44(53)54)21-34(49)28(4)17-40(50)51)47(7)38(64-47)13-12-26(2)35-18-31(20-41(52)60-35)19-37-43(61-37)45(55)62-36/h9-13,16,23,26,28-29,31-32,35-39,42-43H,14-15,17-22,24H2,1-8H3,(H,50,51)(H,53,54)/b10-9+,13-12+,25-16+,27-11+/t26-,28+,29+,31+,32+,35-,36+,37+,38-,39+,42+,43-,47+/m1/s1. The second kappa shape index (κ2) is 24.0. The minimum atomic E-state index is -1.17. The molecule has 66 heavy (non-hydrogen) atoms. The molecule has 5 rings (SSSR count). The number of carboxylic acids is 2. The van der Waals surface area contributed by atoms with Gasteiger partial charge in [0.05, 0.1) is 24.5 Å². The summed E-state index contributed by atoms with van der Waals surface area (Å²) in [5.41, 5.74) is 1.39. The highest BCUT2D eigenvalue weighted by Gasteiger charge is 2.60. The van der Waals surface area contributed by atoms with Crippen LogP contribution >= 0.6 is 21.6 Å². The number of oxazole rings is 1. The number of rotatable bonds is 20. The molecule has 2 N–H and O–H groups in total. The molecule has 4 aliphatic rings. The molecule has 5 heterocycles. The van der Waals surface area contributed by atoms with E-state index in [1.54, 1.807) is 27.2 Å². The first-order valence-electron chi connectivity index (χ1n) is 22.2. The largest absolute Gasteiger partial charge is 0.508 e. The van der Waals surface area contributed by atoms with Crippen molar-refractivity contribution in [1.82, 2.24) is 4.98 Å². The molecule has 17 nitrogen and oxygen atoms in total. The maximum absolute atomic E-state index is 13.9. The smallest absolute Gasteiger partial charge is 0.481 e. The van der Waals surface area contributed by atoms with Crippen LogP contribution in [0.4, 0.5) is 4.79 Å². The number of carbonyl (C=O) groups excluding carboxylic acids is 4. The molecular weight excluding hydrogens is 899 g/mol. The number of Topliss-reactive ketones (excluding diaryl/α,β-unsaturated/α-hetero) is 1. The van der Waals surface area contributed by atoms with Gasteiger partial charge in [-0.05, 0) is 56.8 Å². The summed E-state index contributed by atoms with van der Waals surface area (Å²) in [6, 6.07) is 0. The number of aliphatic carboxylic acids is 2. The van der Waals surface area contributed by atoms with Gasteiger partial charge in [0.25, 0.3) is 0 Å². The van der Waals surface area contributed by atoms with Crippen LogP contribution in [0.5, 0.6) is 0 Å². The Labute approximate surface area is 393 Å². The fourth-order valence-electron chi connectivity index (χ4n) is 8.32. The Morgan fingerprint density at radius 2 is 1.77 bits per heavy atom. The van der Waals surface area contributed by atoms with Crippen LogP contribution in [-0.4, -0.2) is 125 Å². The van der Waals surface area contributed by atoms with E-state index in [1.165, 1.54) is 28.5 Å². The molecule has 19 heteroatoms. The molecule has 0 radical (unpaired) electrons. The van der Waals surface area contributed by atoms with Crippen molar-refractivity contribution in [3.05, 3.63) is 59.4 Å². The van der Waals surface area contributed by atoms with Crippen LogP contribution in [-0.2, 0) is 57.1 Å². The lowest BCUT2D eigenvalue weighted by Gasteiger charge is -2.33. The van der Waals surface area contributed by atoms with E-state index in [0.717, 1.165) is 11.1 Å². The molecule has 0 aromatic carbocycles. The van der Waals surface area contributed by atoms with Gasteiger partial charge < -0.3 is 47.8 Å². The lowest BCUT2D eigenvalue weighted by Crippen LogP contribution is -2.43. The van der Waals surface area contributed by atoms with Crippen LogP contribution in [0.1, 0.15) is 91.7 Å². The van der Waals surface area contributed by atoms with Gasteiger partial charge in [0, 0.05) is 62.6 Å². The third kappa shape index (κ3) is 15.3. The van der Waals surface area contributed by atoms with Gasteiger partial charge in [0.1, 0.15) is 54.4 Å². The number of aromatic nitrogens is 1. The van der Waals surface area contributed by atoms with Crippen LogP contribution < -0.4 is 0 Å². The molecule has 1 aromatic heterocycles. The molecule has 364 valence electrons. The Morgan fingerprint density at radius 1 is 1.03 bits per heavy atom. The number of ketones is 1. The molecule has 0 amide bonds. The third-order valence-corrected chi connectivity index (χ3v) is 14.9. The maximum Gasteiger partial charge on any atom is 0.508 e. The topological polar surface area (TPSA) is 240 Å². The lowest BCUT2D eigenvalue weighted by molar-refractivity contribution is -0.159. The number of esters is 2. The summed E-state index contributed by atoms with van der Waals surface area (Å²) in [6.07, 6.45) is 8.09. The first-order chi connectivity index (χ1) is 31.3. The van der Waals surface area contributed by atoms with Crippen LogP contribution in [0.3, 0.4) is 0 Å². The summed E-state index contributed by atoms with van der Waals surface area (Å²) in [5, 5.41) is 18.6. The number of hydrogen-bond acceptors (Lipinski definition) is 17. The van der Waals surface area contributed by atoms with Crippen molar-refractivity contribution in [3.8, 4) is 0 Å². The number of aryl methyl sites for hydroxylation is 1. The average molecular weight is 962 g/mol.